The van der Waals surface area contributed by atoms with E-state index in [1.165, 1.54) is 0 Å². The largest absolute Gasteiger partial charge is 0.483 e. The molecular formula is C14H16Br2N2O3. The van der Waals surface area contributed by atoms with E-state index in [1.807, 2.05) is 12.1 Å². The molecule has 0 saturated carbocycles. The van der Waals surface area contributed by atoms with Gasteiger partial charge in [-0.25, -0.2) is 0 Å². The summed E-state index contributed by atoms with van der Waals surface area (Å²) in [6.45, 7) is 4.32. The van der Waals surface area contributed by atoms with Gasteiger partial charge in [-0.05, 0) is 48.0 Å². The molecule has 1 aliphatic rings. The van der Waals surface area contributed by atoms with Gasteiger partial charge in [0.1, 0.15) is 11.3 Å². The number of carbonyl (C=O) groups excluding carboxylic acids is 2. The van der Waals surface area contributed by atoms with Crippen LogP contribution in [0.25, 0.3) is 0 Å². The number of benzene rings is 1. The van der Waals surface area contributed by atoms with Crippen molar-refractivity contribution in [3.05, 3.63) is 27.1 Å². The van der Waals surface area contributed by atoms with Gasteiger partial charge in [0, 0.05) is 17.6 Å². The van der Waals surface area contributed by atoms with E-state index in [2.05, 4.69) is 37.2 Å². The van der Waals surface area contributed by atoms with Crippen LogP contribution in [0.3, 0.4) is 0 Å². The fraction of sp³-hybridized carbons (Fsp3) is 0.429. The van der Waals surface area contributed by atoms with Gasteiger partial charge in [0.15, 0.2) is 6.61 Å². The molecule has 1 aliphatic heterocycles. The van der Waals surface area contributed by atoms with Crippen LogP contribution in [0.4, 0.5) is 0 Å². The topological polar surface area (TPSA) is 58.6 Å². The van der Waals surface area contributed by atoms with Gasteiger partial charge in [-0.2, -0.15) is 0 Å². The van der Waals surface area contributed by atoms with Gasteiger partial charge in [-0.3, -0.25) is 9.59 Å². The third-order valence-electron chi connectivity index (χ3n) is 3.40. The zero-order valence-corrected chi connectivity index (χ0v) is 15.0. The number of carbonyl (C=O) groups is 2. The lowest BCUT2D eigenvalue weighted by Crippen LogP contribution is -2.64. The number of amides is 2. The molecule has 1 N–H and O–H groups in total. The first-order chi connectivity index (χ1) is 9.82. The first kappa shape index (κ1) is 16.3. The van der Waals surface area contributed by atoms with E-state index >= 15 is 0 Å². The summed E-state index contributed by atoms with van der Waals surface area (Å²) in [5, 5.41) is 2.76. The third kappa shape index (κ3) is 3.58. The number of nitrogens with zero attached hydrogens (tertiary/aromatic N) is 1. The second-order valence-electron chi connectivity index (χ2n) is 5.22. The third-order valence-corrected chi connectivity index (χ3v) is 4.51. The molecule has 0 bridgehead atoms. The van der Waals surface area contributed by atoms with Crippen molar-refractivity contribution < 1.29 is 14.3 Å². The molecule has 114 valence electrons. The number of rotatable bonds is 3. The maximum Gasteiger partial charge on any atom is 0.261 e. The lowest BCUT2D eigenvalue weighted by atomic mass is 9.99. The van der Waals surface area contributed by atoms with Gasteiger partial charge < -0.3 is 15.0 Å². The van der Waals surface area contributed by atoms with Crippen LogP contribution >= 0.6 is 31.9 Å². The summed E-state index contributed by atoms with van der Waals surface area (Å²) in [7, 11) is 0. The van der Waals surface area contributed by atoms with Gasteiger partial charge in [0.05, 0.1) is 4.47 Å². The van der Waals surface area contributed by atoms with E-state index < -0.39 is 5.54 Å². The highest BCUT2D eigenvalue weighted by molar-refractivity contribution is 9.11. The van der Waals surface area contributed by atoms with Gasteiger partial charge in [0.25, 0.3) is 5.91 Å². The minimum absolute atomic E-state index is 0.100. The second kappa shape index (κ2) is 6.36. The lowest BCUT2D eigenvalue weighted by molar-refractivity contribution is -0.150. The van der Waals surface area contributed by atoms with E-state index in [1.54, 1.807) is 24.8 Å². The van der Waals surface area contributed by atoms with Gasteiger partial charge in [-0.1, -0.05) is 15.9 Å². The van der Waals surface area contributed by atoms with Crippen molar-refractivity contribution in [2.24, 2.45) is 0 Å². The quantitative estimate of drug-likeness (QED) is 0.817. The maximum atomic E-state index is 12.3. The van der Waals surface area contributed by atoms with E-state index in [0.717, 1.165) is 8.95 Å². The fourth-order valence-corrected chi connectivity index (χ4v) is 3.31. The molecule has 0 atom stereocenters. The van der Waals surface area contributed by atoms with Crippen molar-refractivity contribution in [3.8, 4) is 5.75 Å². The molecule has 0 spiro atoms. The fourth-order valence-electron chi connectivity index (χ4n) is 2.15. The van der Waals surface area contributed by atoms with Crippen molar-refractivity contribution >= 4 is 43.7 Å². The standard InChI is InChI=1S/C14H16Br2N2O3/c1-14(2)13(20)17-5-6-18(14)12(19)8-21-11-4-3-9(15)7-10(11)16/h3-4,7H,5-6,8H2,1-2H3,(H,17,20). The predicted molar refractivity (Wildman–Crippen MR) is 86.1 cm³/mol. The molecule has 1 aromatic carbocycles. The van der Waals surface area contributed by atoms with Crippen LogP contribution in [-0.2, 0) is 9.59 Å². The smallest absolute Gasteiger partial charge is 0.261 e. The molecule has 1 saturated heterocycles. The number of hydrogen-bond acceptors (Lipinski definition) is 3. The molecule has 1 fully saturated rings. The average molecular weight is 420 g/mol. The van der Waals surface area contributed by atoms with E-state index in [4.69, 9.17) is 4.74 Å². The summed E-state index contributed by atoms with van der Waals surface area (Å²) in [5.74, 6) is 0.238. The van der Waals surface area contributed by atoms with Gasteiger partial charge >= 0.3 is 0 Å². The molecule has 7 heteroatoms. The summed E-state index contributed by atoms with van der Waals surface area (Å²) >= 11 is 6.74. The number of halogens is 2. The molecule has 0 radical (unpaired) electrons. The zero-order chi connectivity index (χ0) is 15.6. The predicted octanol–water partition coefficient (Wildman–Crippen LogP) is 2.33. The van der Waals surface area contributed by atoms with Gasteiger partial charge in [-0.15, -0.1) is 0 Å². The summed E-state index contributed by atoms with van der Waals surface area (Å²) in [5.41, 5.74) is -0.852. The molecular weight excluding hydrogens is 404 g/mol. The molecule has 1 aromatic rings. The molecule has 0 unspecified atom stereocenters. The monoisotopic (exact) mass is 418 g/mol. The van der Waals surface area contributed by atoms with E-state index in [0.29, 0.717) is 18.8 Å². The Morgan fingerprint density at radius 3 is 2.81 bits per heavy atom. The van der Waals surface area contributed by atoms with Crippen LogP contribution in [0.2, 0.25) is 0 Å². The minimum atomic E-state index is -0.852. The Kier molecular flexibility index (Phi) is 4.93. The number of hydrogen-bond donors (Lipinski definition) is 1. The average Bonchev–Trinajstić information content (AvgIpc) is 2.40. The molecule has 0 aromatic heterocycles. The van der Waals surface area contributed by atoms with Crippen LogP contribution in [0, 0.1) is 0 Å². The molecule has 2 amide bonds. The highest BCUT2D eigenvalue weighted by Crippen LogP contribution is 2.28. The maximum absolute atomic E-state index is 12.3. The lowest BCUT2D eigenvalue weighted by Gasteiger charge is -2.41. The molecule has 1 heterocycles. The Morgan fingerprint density at radius 1 is 1.43 bits per heavy atom. The Labute approximate surface area is 140 Å². The summed E-state index contributed by atoms with van der Waals surface area (Å²) < 4.78 is 7.23. The van der Waals surface area contributed by atoms with Gasteiger partial charge in [0.2, 0.25) is 5.91 Å². The van der Waals surface area contributed by atoms with E-state index in [9.17, 15) is 9.59 Å². The molecule has 5 nitrogen and oxygen atoms in total. The molecule has 0 aliphatic carbocycles. The number of ether oxygens (including phenoxy) is 1. The Balaban J connectivity index is 2.03. The summed E-state index contributed by atoms with van der Waals surface area (Å²) in [4.78, 5) is 25.7. The number of piperazine rings is 1. The van der Waals surface area contributed by atoms with Crippen molar-refractivity contribution in [2.45, 2.75) is 19.4 Å². The van der Waals surface area contributed by atoms with Crippen molar-refractivity contribution in [2.75, 3.05) is 19.7 Å². The van der Waals surface area contributed by atoms with E-state index in [-0.39, 0.29) is 18.4 Å². The van der Waals surface area contributed by atoms with Crippen LogP contribution in [0.1, 0.15) is 13.8 Å². The summed E-state index contributed by atoms with van der Waals surface area (Å²) in [6.07, 6.45) is 0. The highest BCUT2D eigenvalue weighted by atomic mass is 79.9. The van der Waals surface area contributed by atoms with Crippen LogP contribution in [0.15, 0.2) is 27.1 Å². The second-order valence-corrected chi connectivity index (χ2v) is 6.99. The highest BCUT2D eigenvalue weighted by Gasteiger charge is 2.40. The molecule has 21 heavy (non-hydrogen) atoms. The first-order valence-corrected chi connectivity index (χ1v) is 8.07. The molecule has 2 rings (SSSR count). The summed E-state index contributed by atoms with van der Waals surface area (Å²) in [6, 6.07) is 5.45. The SMILES string of the molecule is CC1(C)C(=O)NCCN1C(=O)COc1ccc(Br)cc1Br. The zero-order valence-electron chi connectivity index (χ0n) is 11.8. The van der Waals surface area contributed by atoms with Crippen molar-refractivity contribution in [1.29, 1.82) is 0 Å². The Hall–Kier alpha value is -1.08. The first-order valence-electron chi connectivity index (χ1n) is 6.49. The Morgan fingerprint density at radius 2 is 2.14 bits per heavy atom. The van der Waals surface area contributed by atoms with Crippen LogP contribution in [0.5, 0.6) is 5.75 Å². The normalized spacial score (nSPS) is 17.3. The van der Waals surface area contributed by atoms with Crippen LogP contribution < -0.4 is 10.1 Å². The minimum Gasteiger partial charge on any atom is -0.483 e. The van der Waals surface area contributed by atoms with Crippen molar-refractivity contribution in [1.82, 2.24) is 10.2 Å². The van der Waals surface area contributed by atoms with Crippen molar-refractivity contribution in [3.63, 3.8) is 0 Å². The number of nitrogens with one attached hydrogen (secondary N) is 1. The van der Waals surface area contributed by atoms with Crippen LogP contribution in [-0.4, -0.2) is 41.9 Å². The Bertz CT molecular complexity index is 575.